The Morgan fingerprint density at radius 3 is 2.48 bits per heavy atom. The Labute approximate surface area is 182 Å². The number of nitrogens with zero attached hydrogens (tertiary/aromatic N) is 1. The molecule has 0 radical (unpaired) electrons. The number of H-pyrrole nitrogens is 1. The van der Waals surface area contributed by atoms with Crippen LogP contribution in [0, 0.1) is 11.8 Å². The number of hydrogen-bond donors (Lipinski definition) is 2. The first kappa shape index (κ1) is 25.6. The number of nitrogens with one attached hydrogen (secondary N) is 2. The average Bonchev–Trinajstić information content (AvgIpc) is 2.99. The summed E-state index contributed by atoms with van der Waals surface area (Å²) in [5.74, 6) is 0.399. The number of carbonyl (C=O) groups excluding carboxylic acids is 3. The molecule has 11 nitrogen and oxygen atoms in total. The van der Waals surface area contributed by atoms with Gasteiger partial charge in [-0.25, -0.2) is 9.18 Å². The number of amides is 1. The molecule has 4 atom stereocenters. The molecule has 1 saturated heterocycles. The molecule has 33 heavy (non-hydrogen) atoms. The van der Waals surface area contributed by atoms with E-state index in [1.54, 1.807) is 0 Å². The van der Waals surface area contributed by atoms with E-state index in [2.05, 4.69) is 11.8 Å². The topological polar surface area (TPSA) is 146 Å². The number of carbonyl (C=O) groups is 3. The van der Waals surface area contributed by atoms with Crippen LogP contribution in [0.25, 0.3) is 0 Å². The van der Waals surface area contributed by atoms with Crippen LogP contribution in [0.4, 0.5) is 17.6 Å². The van der Waals surface area contributed by atoms with Crippen LogP contribution < -0.4 is 16.6 Å². The van der Waals surface area contributed by atoms with Crippen molar-refractivity contribution < 1.29 is 46.2 Å². The van der Waals surface area contributed by atoms with E-state index in [0.717, 1.165) is 20.0 Å². The van der Waals surface area contributed by atoms with Crippen molar-refractivity contribution >= 4 is 17.8 Å². The molecule has 0 spiro atoms. The highest BCUT2D eigenvalue weighted by Gasteiger charge is 2.49. The quantitative estimate of drug-likeness (QED) is 0.320. The van der Waals surface area contributed by atoms with E-state index in [1.165, 1.54) is 5.32 Å². The zero-order chi connectivity index (χ0) is 24.9. The molecule has 0 aliphatic carbocycles. The van der Waals surface area contributed by atoms with Crippen molar-refractivity contribution in [3.63, 3.8) is 0 Å². The van der Waals surface area contributed by atoms with Crippen molar-refractivity contribution in [3.8, 4) is 11.8 Å². The van der Waals surface area contributed by atoms with E-state index in [4.69, 9.17) is 14.2 Å². The summed E-state index contributed by atoms with van der Waals surface area (Å²) >= 11 is 0. The van der Waals surface area contributed by atoms with Crippen LogP contribution >= 0.6 is 0 Å². The molecule has 1 amide bonds. The van der Waals surface area contributed by atoms with Gasteiger partial charge in [0.05, 0.1) is 6.54 Å². The highest BCUT2D eigenvalue weighted by Crippen LogP contribution is 2.33. The van der Waals surface area contributed by atoms with Crippen molar-refractivity contribution in [2.24, 2.45) is 0 Å². The van der Waals surface area contributed by atoms with Crippen LogP contribution in [0.15, 0.2) is 15.8 Å². The maximum atomic E-state index is 15.0. The van der Waals surface area contributed by atoms with Crippen molar-refractivity contribution in [1.82, 2.24) is 14.9 Å². The number of hydrogen-bond acceptors (Lipinski definition) is 8. The van der Waals surface area contributed by atoms with Gasteiger partial charge in [0.25, 0.3) is 5.56 Å². The van der Waals surface area contributed by atoms with Crippen LogP contribution in [0.2, 0.25) is 0 Å². The van der Waals surface area contributed by atoms with Crippen LogP contribution in [-0.2, 0) is 28.6 Å². The monoisotopic (exact) mass is 479 g/mol. The number of esters is 2. The summed E-state index contributed by atoms with van der Waals surface area (Å²) in [5, 5.41) is 1.46. The fourth-order valence-electron chi connectivity index (χ4n) is 2.71. The summed E-state index contributed by atoms with van der Waals surface area (Å²) < 4.78 is 67.0. The van der Waals surface area contributed by atoms with Crippen molar-refractivity contribution in [3.05, 3.63) is 32.6 Å². The normalized spacial score (nSPS) is 22.1. The first-order valence-corrected chi connectivity index (χ1v) is 9.10. The fraction of sp³-hybridized carbons (Fsp3) is 0.500. The Balaban J connectivity index is 2.29. The van der Waals surface area contributed by atoms with Gasteiger partial charge in [0.1, 0.15) is 18.3 Å². The van der Waals surface area contributed by atoms with Gasteiger partial charge in [-0.3, -0.25) is 28.7 Å². The third kappa shape index (κ3) is 6.65. The molecule has 15 heteroatoms. The second kappa shape index (κ2) is 10.3. The Morgan fingerprint density at radius 2 is 1.91 bits per heavy atom. The van der Waals surface area contributed by atoms with Crippen LogP contribution in [-0.4, -0.2) is 65.1 Å². The minimum absolute atomic E-state index is 0.459. The number of halogens is 4. The molecule has 1 aliphatic heterocycles. The molecule has 1 aromatic heterocycles. The number of alkyl halides is 4. The zero-order valence-corrected chi connectivity index (χ0v) is 17.0. The lowest BCUT2D eigenvalue weighted by Gasteiger charge is -2.18. The lowest BCUT2D eigenvalue weighted by Crippen LogP contribution is -2.38. The van der Waals surface area contributed by atoms with Gasteiger partial charge >= 0.3 is 29.7 Å². The third-order valence-corrected chi connectivity index (χ3v) is 4.08. The fourth-order valence-corrected chi connectivity index (χ4v) is 2.71. The maximum absolute atomic E-state index is 15.0. The highest BCUT2D eigenvalue weighted by atomic mass is 19.4. The van der Waals surface area contributed by atoms with Gasteiger partial charge in [-0.15, -0.1) is 0 Å². The molecule has 2 N–H and O–H groups in total. The van der Waals surface area contributed by atoms with E-state index in [1.807, 2.05) is 4.98 Å². The van der Waals surface area contributed by atoms with E-state index in [-0.39, 0.29) is 0 Å². The van der Waals surface area contributed by atoms with E-state index in [0.29, 0.717) is 4.57 Å². The molecular formula is C18H17F4N3O8. The summed E-state index contributed by atoms with van der Waals surface area (Å²) in [7, 11) is 0. The maximum Gasteiger partial charge on any atom is 0.471 e. The van der Waals surface area contributed by atoms with Gasteiger partial charge in [-0.05, 0) is 0 Å². The summed E-state index contributed by atoms with van der Waals surface area (Å²) in [6, 6.07) is 0. The van der Waals surface area contributed by atoms with Gasteiger partial charge in [-0.2, -0.15) is 13.2 Å². The number of aromatic amines is 1. The first-order valence-electron chi connectivity index (χ1n) is 9.10. The molecule has 1 aromatic rings. The Kier molecular flexibility index (Phi) is 7.99. The number of ether oxygens (including phenoxy) is 3. The Bertz CT molecular complexity index is 1100. The van der Waals surface area contributed by atoms with Gasteiger partial charge in [-0.1, -0.05) is 11.8 Å². The summed E-state index contributed by atoms with van der Waals surface area (Å²) in [6.07, 6.45) is -11.0. The van der Waals surface area contributed by atoms with Gasteiger partial charge < -0.3 is 19.5 Å². The summed E-state index contributed by atoms with van der Waals surface area (Å²) in [4.78, 5) is 59.1. The van der Waals surface area contributed by atoms with Gasteiger partial charge in [0.2, 0.25) is 0 Å². The predicted octanol–water partition coefficient (Wildman–Crippen LogP) is -0.703. The molecule has 180 valence electrons. The molecule has 0 aromatic carbocycles. The first-order chi connectivity index (χ1) is 15.3. The van der Waals surface area contributed by atoms with Gasteiger partial charge in [0.15, 0.2) is 18.5 Å². The minimum Gasteiger partial charge on any atom is -0.463 e. The van der Waals surface area contributed by atoms with Crippen LogP contribution in [0.1, 0.15) is 25.6 Å². The van der Waals surface area contributed by atoms with E-state index < -0.39 is 78.6 Å². The molecular weight excluding hydrogens is 462 g/mol. The molecule has 0 unspecified atom stereocenters. The summed E-state index contributed by atoms with van der Waals surface area (Å²) in [5.41, 5.74) is -2.62. The lowest BCUT2D eigenvalue weighted by atomic mass is 10.1. The number of rotatable bonds is 5. The third-order valence-electron chi connectivity index (χ3n) is 4.08. The summed E-state index contributed by atoms with van der Waals surface area (Å²) in [6.45, 7) is 0.796. The Morgan fingerprint density at radius 1 is 1.24 bits per heavy atom. The van der Waals surface area contributed by atoms with Crippen LogP contribution in [0.3, 0.4) is 0 Å². The van der Waals surface area contributed by atoms with E-state index in [9.17, 15) is 37.1 Å². The van der Waals surface area contributed by atoms with Crippen LogP contribution in [0.5, 0.6) is 0 Å². The van der Waals surface area contributed by atoms with Gasteiger partial charge in [0, 0.05) is 20.0 Å². The largest absolute Gasteiger partial charge is 0.471 e. The molecule has 2 rings (SSSR count). The SMILES string of the molecule is CC(=O)OC[C@H]1O[C@@H](n2cc(C#CCNC(=O)C(F)(F)F)c(=O)[nH]c2=O)[C@H](F)[C@@H]1OC(C)=O. The molecule has 1 aliphatic rings. The lowest BCUT2D eigenvalue weighted by molar-refractivity contribution is -0.173. The van der Waals surface area contributed by atoms with E-state index >= 15 is 4.39 Å². The average molecular weight is 479 g/mol. The zero-order valence-electron chi connectivity index (χ0n) is 17.0. The molecule has 0 bridgehead atoms. The molecule has 2 heterocycles. The second-order valence-corrected chi connectivity index (χ2v) is 6.58. The Hall–Kier alpha value is -3.67. The van der Waals surface area contributed by atoms with Crippen molar-refractivity contribution in [1.29, 1.82) is 0 Å². The minimum atomic E-state index is -5.12. The van der Waals surface area contributed by atoms with Crippen molar-refractivity contribution in [2.45, 2.75) is 44.6 Å². The van der Waals surface area contributed by atoms with Crippen molar-refractivity contribution in [2.75, 3.05) is 13.2 Å². The predicted molar refractivity (Wildman–Crippen MR) is 98.3 cm³/mol. The smallest absolute Gasteiger partial charge is 0.463 e. The highest BCUT2D eigenvalue weighted by molar-refractivity contribution is 5.81. The number of aromatic nitrogens is 2. The molecule has 1 fully saturated rings. The standard InChI is InChI=1S/C18H17F4N3O8/c1-8(26)31-7-11-13(32-9(2)27)12(19)15(33-11)25-6-10(14(28)24-17(25)30)4-3-5-23-16(29)18(20,21)22/h6,11-13,15H,5,7H2,1-2H3,(H,23,29)(H,24,28,30)/t11-,12-,13-,15-/m1/s1. The second-order valence-electron chi connectivity index (χ2n) is 6.58. The molecule has 0 saturated carbocycles.